The Morgan fingerprint density at radius 2 is 1.61 bits per heavy atom. The molecule has 8 N–H and O–H groups in total. The van der Waals surface area contributed by atoms with E-state index in [0.29, 0.717) is 5.56 Å². The van der Waals surface area contributed by atoms with Crippen LogP contribution in [0.4, 0.5) is 4.79 Å². The van der Waals surface area contributed by atoms with E-state index in [2.05, 4.69) is 0 Å². The fourth-order valence-corrected chi connectivity index (χ4v) is 10.3. The van der Waals surface area contributed by atoms with E-state index in [1.807, 2.05) is 4.90 Å². The van der Waals surface area contributed by atoms with Crippen LogP contribution in [0.5, 0.6) is 23.0 Å². The number of nitrogens with zero attached hydrogens (tertiary/aromatic N) is 2. The van der Waals surface area contributed by atoms with Gasteiger partial charge in [-0.05, 0) is 30.7 Å². The zero-order valence-corrected chi connectivity index (χ0v) is 37.2. The molecule has 0 saturated carbocycles. The molecule has 69 heavy (non-hydrogen) atoms. The minimum atomic E-state index is -2.34. The van der Waals surface area contributed by atoms with Gasteiger partial charge in [0.05, 0.1) is 36.0 Å². The SMILES string of the molecule is COc1cccc2c1C(=O)c1c(O)c3c(c(O)c1C2=O)C[C@@](O)(C(=O)CO)C[C@@H]3O[C@H]1C[C@H]2[C@H](O[C@@H]3[C@@H](OC)N(C(=O)OCc4ccc(O[C@@H]5O[C@H](C(=O)O)[C@@H](O)[C@H](O)[C@H]5O)cc4)CCN32)[C@H](C)O1. The Kier molecular flexibility index (Phi) is 12.9. The third kappa shape index (κ3) is 8.15. The van der Waals surface area contributed by atoms with Crippen LogP contribution in [-0.4, -0.2) is 187 Å². The van der Waals surface area contributed by atoms with Crippen LogP contribution in [0.15, 0.2) is 42.5 Å². The highest BCUT2D eigenvalue weighted by molar-refractivity contribution is 6.31. The lowest BCUT2D eigenvalue weighted by Crippen LogP contribution is -2.62. The van der Waals surface area contributed by atoms with E-state index in [-0.39, 0.29) is 59.9 Å². The van der Waals surface area contributed by atoms with Crippen LogP contribution in [0.2, 0.25) is 0 Å². The first-order valence-electron chi connectivity index (χ1n) is 22.0. The Balaban J connectivity index is 0.890. The van der Waals surface area contributed by atoms with Gasteiger partial charge in [0, 0.05) is 62.2 Å². The number of carbonyl (C=O) groups excluding carboxylic acids is 4. The number of amides is 1. The van der Waals surface area contributed by atoms with E-state index >= 15 is 0 Å². The highest BCUT2D eigenvalue weighted by Gasteiger charge is 2.57. The van der Waals surface area contributed by atoms with E-state index in [1.54, 1.807) is 19.1 Å². The molecule has 4 heterocycles. The van der Waals surface area contributed by atoms with E-state index in [1.165, 1.54) is 49.5 Å². The largest absolute Gasteiger partial charge is 0.507 e. The van der Waals surface area contributed by atoms with Crippen LogP contribution in [0.25, 0.3) is 0 Å². The number of fused-ring (bicyclic) bond motifs is 6. The highest BCUT2D eigenvalue weighted by atomic mass is 16.7. The van der Waals surface area contributed by atoms with Crippen LogP contribution in [0.3, 0.4) is 0 Å². The second-order valence-electron chi connectivity index (χ2n) is 17.7. The molecular formula is C46H50N2O21. The van der Waals surface area contributed by atoms with Gasteiger partial charge in [-0.1, -0.05) is 24.3 Å². The van der Waals surface area contributed by atoms with Crippen LogP contribution < -0.4 is 9.47 Å². The first-order chi connectivity index (χ1) is 32.9. The molecule has 13 atom stereocenters. The average Bonchev–Trinajstić information content (AvgIpc) is 3.72. The number of benzene rings is 3. The number of ketones is 3. The summed E-state index contributed by atoms with van der Waals surface area (Å²) in [6, 6.07) is 9.88. The maximum Gasteiger partial charge on any atom is 0.412 e. The summed E-state index contributed by atoms with van der Waals surface area (Å²) in [6.07, 6.45) is -16.3. The molecule has 0 bridgehead atoms. The molecule has 4 fully saturated rings. The van der Waals surface area contributed by atoms with Crippen molar-refractivity contribution in [3.63, 3.8) is 0 Å². The fraction of sp³-hybridized carbons (Fsp3) is 0.500. The summed E-state index contributed by atoms with van der Waals surface area (Å²) in [6.45, 7) is 0.855. The van der Waals surface area contributed by atoms with E-state index in [4.69, 9.17) is 37.9 Å². The molecule has 4 saturated heterocycles. The van der Waals surface area contributed by atoms with Crippen molar-refractivity contribution in [2.45, 2.75) is 112 Å². The molecule has 0 aromatic heterocycles. The van der Waals surface area contributed by atoms with Gasteiger partial charge < -0.3 is 78.7 Å². The summed E-state index contributed by atoms with van der Waals surface area (Å²) in [4.78, 5) is 69.5. The number of aliphatic carboxylic acids is 1. The molecule has 0 radical (unpaired) electrons. The molecule has 9 rings (SSSR count). The number of ether oxygens (including phenoxy) is 8. The van der Waals surface area contributed by atoms with Gasteiger partial charge in [0.15, 0.2) is 36.4 Å². The topological polar surface area (TPSA) is 328 Å². The van der Waals surface area contributed by atoms with Crippen molar-refractivity contribution in [2.75, 3.05) is 33.9 Å². The van der Waals surface area contributed by atoms with E-state index < -0.39 is 151 Å². The molecule has 370 valence electrons. The molecular weight excluding hydrogens is 916 g/mol. The van der Waals surface area contributed by atoms with Gasteiger partial charge >= 0.3 is 12.1 Å². The second-order valence-corrected chi connectivity index (χ2v) is 17.7. The molecule has 2 aliphatic carbocycles. The van der Waals surface area contributed by atoms with E-state index in [9.17, 15) is 64.8 Å². The van der Waals surface area contributed by atoms with Crippen LogP contribution in [-0.2, 0) is 51.0 Å². The molecule has 3 aromatic carbocycles. The predicted molar refractivity (Wildman–Crippen MR) is 226 cm³/mol. The molecule has 4 aliphatic heterocycles. The quantitative estimate of drug-likeness (QED) is 0.0887. The number of carbonyl (C=O) groups is 5. The van der Waals surface area contributed by atoms with Gasteiger partial charge in [-0.3, -0.25) is 24.2 Å². The van der Waals surface area contributed by atoms with Crippen molar-refractivity contribution in [1.29, 1.82) is 0 Å². The molecule has 0 spiro atoms. The van der Waals surface area contributed by atoms with Crippen LogP contribution >= 0.6 is 0 Å². The highest BCUT2D eigenvalue weighted by Crippen LogP contribution is 2.53. The lowest BCUT2D eigenvalue weighted by molar-refractivity contribution is -0.271. The Hall–Kier alpha value is -5.83. The van der Waals surface area contributed by atoms with Gasteiger partial charge in [-0.2, -0.15) is 0 Å². The number of phenolic OH excluding ortho intramolecular Hbond substituents is 2. The zero-order valence-electron chi connectivity index (χ0n) is 37.2. The summed E-state index contributed by atoms with van der Waals surface area (Å²) in [5.74, 6) is -5.46. The number of hydrogen-bond donors (Lipinski definition) is 8. The van der Waals surface area contributed by atoms with Crippen molar-refractivity contribution in [1.82, 2.24) is 9.80 Å². The zero-order chi connectivity index (χ0) is 49.4. The van der Waals surface area contributed by atoms with Crippen molar-refractivity contribution in [2.24, 2.45) is 0 Å². The lowest BCUT2D eigenvalue weighted by atomic mass is 9.72. The normalized spacial score (nSPS) is 32.8. The number of aliphatic hydroxyl groups excluding tert-OH is 4. The average molecular weight is 967 g/mol. The van der Waals surface area contributed by atoms with Gasteiger partial charge in [0.25, 0.3) is 0 Å². The Bertz CT molecular complexity index is 2560. The third-order valence-electron chi connectivity index (χ3n) is 13.7. The standard InChI is InChI=1S/C46H50N2O21/c1-18-39-23(47-11-12-48(41(63-3)42(47)68-39)45(60)64-17-19-7-9-20(10-8-19)66-44-38(57)36(55)37(56)40(69-44)43(58)59)13-27(65-18)67-25-15-46(61,26(50)16-49)14-22-29(25)35(54)31-30(33(22)52)32(51)21-5-4-6-24(62-2)28(21)34(31)53/h4-10,18,23,25,27,36-42,44,49,52,54-57,61H,11-17H2,1-3H3,(H,58,59)/t18-,23-,25-,27-,36-,37-,38+,39+,40-,41+,42+,44+,46-/m0/s1. The summed E-state index contributed by atoms with van der Waals surface area (Å²) in [7, 11) is 2.71. The molecule has 6 aliphatic rings. The second kappa shape index (κ2) is 18.5. The van der Waals surface area contributed by atoms with Crippen molar-refractivity contribution in [3.8, 4) is 23.0 Å². The number of methoxy groups -OCH3 is 2. The first kappa shape index (κ1) is 48.2. The molecule has 1 amide bonds. The maximum absolute atomic E-state index is 14.1. The molecule has 0 unspecified atom stereocenters. The minimum Gasteiger partial charge on any atom is -0.507 e. The maximum atomic E-state index is 14.1. The minimum absolute atomic E-state index is 0.0599. The Morgan fingerprint density at radius 1 is 0.884 bits per heavy atom. The van der Waals surface area contributed by atoms with Crippen molar-refractivity contribution in [3.05, 3.63) is 81.4 Å². The van der Waals surface area contributed by atoms with E-state index in [0.717, 1.165) is 0 Å². The summed E-state index contributed by atoms with van der Waals surface area (Å²) < 4.78 is 46.8. The molecule has 23 nitrogen and oxygen atoms in total. The van der Waals surface area contributed by atoms with Crippen LogP contribution in [0.1, 0.15) is 74.4 Å². The summed E-state index contributed by atoms with van der Waals surface area (Å²) in [5, 5.41) is 84.9. The van der Waals surface area contributed by atoms with Gasteiger partial charge in [0.1, 0.15) is 66.2 Å². The van der Waals surface area contributed by atoms with Crippen molar-refractivity contribution < 1.29 is 103 Å². The summed E-state index contributed by atoms with van der Waals surface area (Å²) >= 11 is 0. The molecule has 3 aromatic rings. The van der Waals surface area contributed by atoms with Crippen LogP contribution in [0, 0.1) is 0 Å². The number of rotatable bonds is 11. The fourth-order valence-electron chi connectivity index (χ4n) is 10.3. The Morgan fingerprint density at radius 3 is 2.29 bits per heavy atom. The number of piperazine rings is 1. The summed E-state index contributed by atoms with van der Waals surface area (Å²) in [5.41, 5.74) is -3.45. The number of carboxylic acids is 1. The number of carboxylic acid groups (broad SMARTS) is 1. The number of hydrogen-bond acceptors (Lipinski definition) is 21. The number of aliphatic hydroxyl groups is 5. The predicted octanol–water partition coefficient (Wildman–Crippen LogP) is -0.395. The third-order valence-corrected chi connectivity index (χ3v) is 13.7. The Labute approximate surface area is 391 Å². The first-order valence-corrected chi connectivity index (χ1v) is 22.0. The smallest absolute Gasteiger partial charge is 0.412 e. The lowest BCUT2D eigenvalue weighted by Gasteiger charge is -2.45. The van der Waals surface area contributed by atoms with Gasteiger partial charge in [-0.15, -0.1) is 0 Å². The molecule has 23 heteroatoms. The number of Topliss-reactive ketones (excluding diaryl/α,β-unsaturated/α-hetero) is 1. The van der Waals surface area contributed by atoms with Gasteiger partial charge in [0.2, 0.25) is 12.1 Å². The number of phenols is 2. The monoisotopic (exact) mass is 966 g/mol. The van der Waals surface area contributed by atoms with Gasteiger partial charge in [-0.25, -0.2) is 9.59 Å². The number of aromatic hydroxyl groups is 2. The van der Waals surface area contributed by atoms with Crippen molar-refractivity contribution >= 4 is 29.4 Å².